The van der Waals surface area contributed by atoms with E-state index in [1.807, 2.05) is 0 Å². The highest BCUT2D eigenvalue weighted by Crippen LogP contribution is 2.27. The molecule has 5 heteroatoms. The van der Waals surface area contributed by atoms with E-state index in [-0.39, 0.29) is 5.75 Å². The first-order valence-corrected chi connectivity index (χ1v) is 6.97. The van der Waals surface area contributed by atoms with Gasteiger partial charge in [-0.1, -0.05) is 6.92 Å². The summed E-state index contributed by atoms with van der Waals surface area (Å²) in [4.78, 5) is 0. The molecule has 0 amide bonds. The van der Waals surface area contributed by atoms with Gasteiger partial charge in [0.15, 0.2) is 0 Å². The Balaban J connectivity index is 2.06. The van der Waals surface area contributed by atoms with E-state index in [1.165, 1.54) is 12.8 Å². The van der Waals surface area contributed by atoms with Gasteiger partial charge in [-0.15, -0.1) is 0 Å². The quantitative estimate of drug-likeness (QED) is 0.579. The molecule has 0 aliphatic heterocycles. The Morgan fingerprint density at radius 2 is 2.00 bits per heavy atom. The molecule has 0 spiro atoms. The molecule has 0 atom stereocenters. The first-order valence-electron chi connectivity index (χ1n) is 5.32. The molecular formula is C9H20N2O2S. The molecular weight excluding hydrogens is 200 g/mol. The summed E-state index contributed by atoms with van der Waals surface area (Å²) in [5.74, 6) is 0.799. The lowest BCUT2D eigenvalue weighted by Gasteiger charge is -2.06. The first kappa shape index (κ1) is 11.9. The van der Waals surface area contributed by atoms with Crippen LogP contribution < -0.4 is 10.0 Å². The highest BCUT2D eigenvalue weighted by atomic mass is 32.2. The van der Waals surface area contributed by atoms with Crippen molar-refractivity contribution in [1.29, 1.82) is 0 Å². The van der Waals surface area contributed by atoms with Crippen LogP contribution in [0.2, 0.25) is 0 Å². The maximum absolute atomic E-state index is 11.4. The van der Waals surface area contributed by atoms with E-state index in [0.29, 0.717) is 19.0 Å². The summed E-state index contributed by atoms with van der Waals surface area (Å²) in [5.41, 5.74) is 0. The molecule has 1 saturated carbocycles. The van der Waals surface area contributed by atoms with E-state index in [1.54, 1.807) is 0 Å². The number of hydrogen-bond acceptors (Lipinski definition) is 3. The van der Waals surface area contributed by atoms with E-state index < -0.39 is 10.0 Å². The summed E-state index contributed by atoms with van der Waals surface area (Å²) in [7, 11) is -3.03. The monoisotopic (exact) mass is 220 g/mol. The van der Waals surface area contributed by atoms with Gasteiger partial charge in [-0.2, -0.15) is 0 Å². The zero-order valence-corrected chi connectivity index (χ0v) is 9.57. The van der Waals surface area contributed by atoms with Gasteiger partial charge >= 0.3 is 0 Å². The fourth-order valence-electron chi connectivity index (χ4n) is 1.15. The molecule has 1 aliphatic carbocycles. The third kappa shape index (κ3) is 5.57. The van der Waals surface area contributed by atoms with Gasteiger partial charge < -0.3 is 5.32 Å². The summed E-state index contributed by atoms with van der Waals surface area (Å²) in [5, 5.41) is 3.08. The van der Waals surface area contributed by atoms with E-state index in [2.05, 4.69) is 17.0 Å². The summed E-state index contributed by atoms with van der Waals surface area (Å²) >= 11 is 0. The fourth-order valence-corrected chi connectivity index (χ4v) is 2.19. The fraction of sp³-hybridized carbons (Fsp3) is 1.00. The van der Waals surface area contributed by atoms with E-state index in [9.17, 15) is 8.42 Å². The van der Waals surface area contributed by atoms with Gasteiger partial charge in [-0.05, 0) is 31.7 Å². The third-order valence-corrected chi connectivity index (χ3v) is 3.61. The van der Waals surface area contributed by atoms with Crippen molar-refractivity contribution in [3.8, 4) is 0 Å². The molecule has 0 aromatic heterocycles. The lowest BCUT2D eigenvalue weighted by molar-refractivity contribution is 0.572. The molecule has 1 aliphatic rings. The average Bonchev–Trinajstić information content (AvgIpc) is 2.93. The maximum atomic E-state index is 11.4. The summed E-state index contributed by atoms with van der Waals surface area (Å²) < 4.78 is 25.4. The number of sulfonamides is 1. The van der Waals surface area contributed by atoms with Crippen LogP contribution in [0.5, 0.6) is 0 Å². The minimum absolute atomic E-state index is 0.194. The predicted molar refractivity (Wildman–Crippen MR) is 57.7 cm³/mol. The first-order chi connectivity index (χ1) is 6.64. The molecule has 0 bridgehead atoms. The third-order valence-electron chi connectivity index (χ3n) is 2.26. The minimum atomic E-state index is -3.03. The average molecular weight is 220 g/mol. The Labute approximate surface area is 86.5 Å². The van der Waals surface area contributed by atoms with Crippen molar-refractivity contribution < 1.29 is 8.42 Å². The lowest BCUT2D eigenvalue weighted by Crippen LogP contribution is -2.33. The largest absolute Gasteiger partial charge is 0.316 e. The van der Waals surface area contributed by atoms with E-state index >= 15 is 0 Å². The topological polar surface area (TPSA) is 58.2 Å². The summed E-state index contributed by atoms with van der Waals surface area (Å²) in [6.45, 7) is 4.13. The molecule has 1 fully saturated rings. The molecule has 0 aromatic rings. The van der Waals surface area contributed by atoms with Gasteiger partial charge in [-0.3, -0.25) is 0 Å². The molecule has 0 radical (unpaired) electrons. The Hall–Kier alpha value is -0.130. The van der Waals surface area contributed by atoms with Gasteiger partial charge in [0.2, 0.25) is 10.0 Å². The second-order valence-electron chi connectivity index (χ2n) is 3.86. The Morgan fingerprint density at radius 3 is 2.57 bits per heavy atom. The Bertz CT molecular complexity index is 248. The standard InChI is InChI=1S/C9H20N2O2S/c1-2-5-10-6-7-14(12,13)11-8-9-3-4-9/h9-11H,2-8H2,1H3. The van der Waals surface area contributed by atoms with Gasteiger partial charge in [0.05, 0.1) is 5.75 Å². The molecule has 0 heterocycles. The Kier molecular flexibility index (Phi) is 4.84. The molecule has 4 nitrogen and oxygen atoms in total. The molecule has 0 unspecified atom stereocenters. The van der Waals surface area contributed by atoms with Crippen LogP contribution in [0, 0.1) is 5.92 Å². The zero-order valence-electron chi connectivity index (χ0n) is 8.75. The molecule has 0 aromatic carbocycles. The lowest BCUT2D eigenvalue weighted by atomic mass is 10.4. The van der Waals surface area contributed by atoms with Gasteiger partial charge in [0.25, 0.3) is 0 Å². The van der Waals surface area contributed by atoms with Crippen LogP contribution in [-0.4, -0.2) is 33.8 Å². The Morgan fingerprint density at radius 1 is 1.29 bits per heavy atom. The molecule has 84 valence electrons. The van der Waals surface area contributed by atoms with E-state index in [0.717, 1.165) is 13.0 Å². The number of nitrogens with one attached hydrogen (secondary N) is 2. The smallest absolute Gasteiger partial charge is 0.212 e. The van der Waals surface area contributed by atoms with Crippen LogP contribution in [0.4, 0.5) is 0 Å². The van der Waals surface area contributed by atoms with Gasteiger partial charge in [-0.25, -0.2) is 13.1 Å². The summed E-state index contributed by atoms with van der Waals surface area (Å²) in [6.07, 6.45) is 3.39. The second-order valence-corrected chi connectivity index (χ2v) is 5.79. The molecule has 0 saturated heterocycles. The van der Waals surface area contributed by atoms with Crippen molar-refractivity contribution >= 4 is 10.0 Å². The van der Waals surface area contributed by atoms with Crippen LogP contribution in [-0.2, 0) is 10.0 Å². The molecule has 2 N–H and O–H groups in total. The number of rotatable bonds is 8. The van der Waals surface area contributed by atoms with Crippen LogP contribution in [0.3, 0.4) is 0 Å². The van der Waals surface area contributed by atoms with Gasteiger partial charge in [0, 0.05) is 13.1 Å². The van der Waals surface area contributed by atoms with E-state index in [4.69, 9.17) is 0 Å². The minimum Gasteiger partial charge on any atom is -0.316 e. The van der Waals surface area contributed by atoms with Gasteiger partial charge in [0.1, 0.15) is 0 Å². The number of hydrogen-bond donors (Lipinski definition) is 2. The van der Waals surface area contributed by atoms with Crippen molar-refractivity contribution in [2.75, 3.05) is 25.4 Å². The normalized spacial score (nSPS) is 17.2. The van der Waals surface area contributed by atoms with Crippen molar-refractivity contribution in [1.82, 2.24) is 10.0 Å². The van der Waals surface area contributed by atoms with Crippen LogP contribution in [0.25, 0.3) is 0 Å². The van der Waals surface area contributed by atoms with Crippen molar-refractivity contribution in [2.24, 2.45) is 5.92 Å². The van der Waals surface area contributed by atoms with Crippen LogP contribution in [0.1, 0.15) is 26.2 Å². The highest BCUT2D eigenvalue weighted by Gasteiger charge is 2.23. The summed E-state index contributed by atoms with van der Waals surface area (Å²) in [6, 6.07) is 0. The SMILES string of the molecule is CCCNCCS(=O)(=O)NCC1CC1. The molecule has 14 heavy (non-hydrogen) atoms. The highest BCUT2D eigenvalue weighted by molar-refractivity contribution is 7.89. The van der Waals surface area contributed by atoms with Crippen LogP contribution >= 0.6 is 0 Å². The zero-order chi connectivity index (χ0) is 10.4. The van der Waals surface area contributed by atoms with Crippen molar-refractivity contribution in [2.45, 2.75) is 26.2 Å². The second kappa shape index (κ2) is 5.68. The van der Waals surface area contributed by atoms with Crippen LogP contribution in [0.15, 0.2) is 0 Å². The predicted octanol–water partition coefficient (Wildman–Crippen LogP) is 0.315. The van der Waals surface area contributed by atoms with Crippen molar-refractivity contribution in [3.63, 3.8) is 0 Å². The molecule has 1 rings (SSSR count). The maximum Gasteiger partial charge on any atom is 0.212 e. The van der Waals surface area contributed by atoms with Crippen molar-refractivity contribution in [3.05, 3.63) is 0 Å².